The van der Waals surface area contributed by atoms with Crippen molar-refractivity contribution in [3.63, 3.8) is 0 Å². The first kappa shape index (κ1) is 15.1. The van der Waals surface area contributed by atoms with Crippen LogP contribution in [-0.2, 0) is 6.42 Å². The van der Waals surface area contributed by atoms with E-state index in [4.69, 9.17) is 33.7 Å². The lowest BCUT2D eigenvalue weighted by Crippen LogP contribution is -2.21. The van der Waals surface area contributed by atoms with Crippen LogP contribution in [0.5, 0.6) is 11.5 Å². The molecule has 0 radical (unpaired) electrons. The molecule has 1 unspecified atom stereocenters. The lowest BCUT2D eigenvalue weighted by atomic mass is 10.0. The van der Waals surface area contributed by atoms with Crippen molar-refractivity contribution in [1.29, 1.82) is 0 Å². The van der Waals surface area contributed by atoms with Crippen LogP contribution < -0.4 is 10.5 Å². The Hall–Kier alpha value is -1.29. The van der Waals surface area contributed by atoms with E-state index in [1.165, 1.54) is 0 Å². The third-order valence-corrected chi connectivity index (χ3v) is 3.46. The molecule has 2 N–H and O–H groups in total. The largest absolute Gasteiger partial charge is 0.454 e. The SMILES string of the molecule is CCC(N)Cc1cccc(Cl)c1Oc1cncc(Cl)c1. The molecule has 1 atom stereocenters. The van der Waals surface area contributed by atoms with E-state index in [9.17, 15) is 0 Å². The predicted molar refractivity (Wildman–Crippen MR) is 82.7 cm³/mol. The molecule has 106 valence electrons. The number of hydrogen-bond donors (Lipinski definition) is 1. The maximum absolute atomic E-state index is 6.23. The van der Waals surface area contributed by atoms with Crippen molar-refractivity contribution in [3.8, 4) is 11.5 Å². The van der Waals surface area contributed by atoms with Crippen LogP contribution in [0.2, 0.25) is 10.0 Å². The Morgan fingerprint density at radius 1 is 1.30 bits per heavy atom. The van der Waals surface area contributed by atoms with Crippen LogP contribution in [0.3, 0.4) is 0 Å². The fourth-order valence-corrected chi connectivity index (χ4v) is 2.22. The van der Waals surface area contributed by atoms with Crippen molar-refractivity contribution >= 4 is 23.2 Å². The summed E-state index contributed by atoms with van der Waals surface area (Å²) in [7, 11) is 0. The van der Waals surface area contributed by atoms with Gasteiger partial charge in [-0.25, -0.2) is 0 Å². The Labute approximate surface area is 128 Å². The number of rotatable bonds is 5. The topological polar surface area (TPSA) is 48.1 Å². The fraction of sp³-hybridized carbons (Fsp3) is 0.267. The Morgan fingerprint density at radius 3 is 2.80 bits per heavy atom. The van der Waals surface area contributed by atoms with Gasteiger partial charge in [0.05, 0.1) is 16.2 Å². The van der Waals surface area contributed by atoms with Crippen LogP contribution in [0.1, 0.15) is 18.9 Å². The molecular weight excluding hydrogens is 295 g/mol. The zero-order chi connectivity index (χ0) is 14.5. The van der Waals surface area contributed by atoms with Gasteiger partial charge in [-0.3, -0.25) is 4.98 Å². The van der Waals surface area contributed by atoms with Crippen molar-refractivity contribution in [2.75, 3.05) is 0 Å². The van der Waals surface area contributed by atoms with Gasteiger partial charge in [0.15, 0.2) is 0 Å². The second-order valence-corrected chi connectivity index (χ2v) is 5.39. The van der Waals surface area contributed by atoms with Crippen molar-refractivity contribution in [3.05, 3.63) is 52.3 Å². The minimum atomic E-state index is 0.0771. The monoisotopic (exact) mass is 310 g/mol. The van der Waals surface area contributed by atoms with E-state index in [0.717, 1.165) is 12.0 Å². The molecule has 1 aromatic carbocycles. The lowest BCUT2D eigenvalue weighted by molar-refractivity contribution is 0.470. The molecule has 0 spiro atoms. The van der Waals surface area contributed by atoms with Gasteiger partial charge in [0.1, 0.15) is 11.5 Å². The minimum absolute atomic E-state index is 0.0771. The quantitative estimate of drug-likeness (QED) is 0.887. The highest BCUT2D eigenvalue weighted by Crippen LogP contribution is 2.34. The van der Waals surface area contributed by atoms with Gasteiger partial charge in [-0.1, -0.05) is 42.3 Å². The molecule has 3 nitrogen and oxygen atoms in total. The number of hydrogen-bond acceptors (Lipinski definition) is 3. The average Bonchev–Trinajstić information content (AvgIpc) is 2.42. The molecule has 1 aromatic heterocycles. The van der Waals surface area contributed by atoms with Gasteiger partial charge in [0.2, 0.25) is 0 Å². The normalized spacial score (nSPS) is 12.2. The molecule has 5 heteroatoms. The number of pyridine rings is 1. The molecule has 0 saturated heterocycles. The van der Waals surface area contributed by atoms with Crippen LogP contribution in [0.25, 0.3) is 0 Å². The number of benzene rings is 1. The van der Waals surface area contributed by atoms with E-state index in [2.05, 4.69) is 11.9 Å². The average molecular weight is 311 g/mol. The molecule has 0 aliphatic carbocycles. The maximum atomic E-state index is 6.23. The van der Waals surface area contributed by atoms with Gasteiger partial charge in [-0.2, -0.15) is 0 Å². The second kappa shape index (κ2) is 6.93. The van der Waals surface area contributed by atoms with Crippen LogP contribution in [0, 0.1) is 0 Å². The summed E-state index contributed by atoms with van der Waals surface area (Å²) in [6.45, 7) is 2.05. The summed E-state index contributed by atoms with van der Waals surface area (Å²) >= 11 is 12.1. The van der Waals surface area contributed by atoms with E-state index in [-0.39, 0.29) is 6.04 Å². The molecular formula is C15H16Cl2N2O. The molecule has 20 heavy (non-hydrogen) atoms. The number of nitrogens with two attached hydrogens (primary N) is 1. The summed E-state index contributed by atoms with van der Waals surface area (Å²) in [6.07, 6.45) is 4.75. The van der Waals surface area contributed by atoms with E-state index >= 15 is 0 Å². The first-order chi connectivity index (χ1) is 9.60. The van der Waals surface area contributed by atoms with E-state index in [0.29, 0.717) is 28.0 Å². The van der Waals surface area contributed by atoms with Crippen LogP contribution in [0.15, 0.2) is 36.7 Å². The van der Waals surface area contributed by atoms with Crippen LogP contribution in [0.4, 0.5) is 0 Å². The Kier molecular flexibility index (Phi) is 5.24. The summed E-state index contributed by atoms with van der Waals surface area (Å²) < 4.78 is 5.83. The highest BCUT2D eigenvalue weighted by molar-refractivity contribution is 6.32. The smallest absolute Gasteiger partial charge is 0.149 e. The van der Waals surface area contributed by atoms with Gasteiger partial charge < -0.3 is 10.5 Å². The van der Waals surface area contributed by atoms with Crippen molar-refractivity contribution in [2.24, 2.45) is 5.73 Å². The van der Waals surface area contributed by atoms with Gasteiger partial charge in [0.25, 0.3) is 0 Å². The zero-order valence-electron chi connectivity index (χ0n) is 11.1. The number of para-hydroxylation sites is 1. The summed E-state index contributed by atoms with van der Waals surface area (Å²) in [5, 5.41) is 1.06. The molecule has 0 saturated carbocycles. The molecule has 0 aliphatic heterocycles. The van der Waals surface area contributed by atoms with Gasteiger partial charge in [0, 0.05) is 18.3 Å². The third-order valence-electron chi connectivity index (χ3n) is 2.95. The molecule has 0 amide bonds. The molecule has 0 bridgehead atoms. The van der Waals surface area contributed by atoms with Crippen molar-refractivity contribution in [2.45, 2.75) is 25.8 Å². The van der Waals surface area contributed by atoms with E-state index < -0.39 is 0 Å². The fourth-order valence-electron chi connectivity index (χ4n) is 1.82. The summed E-state index contributed by atoms with van der Waals surface area (Å²) in [6, 6.07) is 7.42. The summed E-state index contributed by atoms with van der Waals surface area (Å²) in [5.74, 6) is 1.17. The zero-order valence-corrected chi connectivity index (χ0v) is 12.7. The highest BCUT2D eigenvalue weighted by atomic mass is 35.5. The summed E-state index contributed by atoms with van der Waals surface area (Å²) in [5.41, 5.74) is 6.99. The van der Waals surface area contributed by atoms with Gasteiger partial charge in [-0.15, -0.1) is 0 Å². The van der Waals surface area contributed by atoms with E-state index in [1.54, 1.807) is 24.5 Å². The second-order valence-electron chi connectivity index (χ2n) is 4.54. The standard InChI is InChI=1S/C15H16Cl2N2O/c1-2-12(18)6-10-4-3-5-14(17)15(10)20-13-7-11(16)8-19-9-13/h3-5,7-9,12H,2,6,18H2,1H3. The maximum Gasteiger partial charge on any atom is 0.149 e. The number of aromatic nitrogens is 1. The number of halogens is 2. The molecule has 2 aromatic rings. The van der Waals surface area contributed by atoms with Crippen LogP contribution in [-0.4, -0.2) is 11.0 Å². The van der Waals surface area contributed by atoms with Crippen molar-refractivity contribution < 1.29 is 4.74 Å². The number of ether oxygens (including phenoxy) is 1. The summed E-state index contributed by atoms with van der Waals surface area (Å²) in [4.78, 5) is 3.99. The predicted octanol–water partition coefficient (Wildman–Crippen LogP) is 4.46. The first-order valence-electron chi connectivity index (χ1n) is 6.41. The molecule has 0 aliphatic rings. The molecule has 0 fully saturated rings. The first-order valence-corrected chi connectivity index (χ1v) is 7.17. The number of nitrogens with zero attached hydrogens (tertiary/aromatic N) is 1. The van der Waals surface area contributed by atoms with E-state index in [1.807, 2.05) is 12.1 Å². The highest BCUT2D eigenvalue weighted by Gasteiger charge is 2.12. The van der Waals surface area contributed by atoms with Gasteiger partial charge in [-0.05, 0) is 24.5 Å². The van der Waals surface area contributed by atoms with Crippen LogP contribution >= 0.6 is 23.2 Å². The Bertz CT molecular complexity index is 590. The third kappa shape index (κ3) is 3.85. The van der Waals surface area contributed by atoms with Crippen molar-refractivity contribution in [1.82, 2.24) is 4.98 Å². The molecule has 2 rings (SSSR count). The Balaban J connectivity index is 2.30. The lowest BCUT2D eigenvalue weighted by Gasteiger charge is -2.15. The Morgan fingerprint density at radius 2 is 2.10 bits per heavy atom. The van der Waals surface area contributed by atoms with Gasteiger partial charge >= 0.3 is 0 Å². The minimum Gasteiger partial charge on any atom is -0.454 e. The molecule has 1 heterocycles.